The molecule has 0 unspecified atom stereocenters. The Labute approximate surface area is 83.5 Å². The zero-order valence-electron chi connectivity index (χ0n) is 6.27. The van der Waals surface area contributed by atoms with Crippen molar-refractivity contribution in [2.75, 3.05) is 0 Å². The maximum Gasteiger partial charge on any atom is 0.0523 e. The molecule has 0 aliphatic heterocycles. The highest BCUT2D eigenvalue weighted by Gasteiger charge is 1.97. The van der Waals surface area contributed by atoms with E-state index in [0.29, 0.717) is 0 Å². The molecule has 0 fully saturated rings. The van der Waals surface area contributed by atoms with Gasteiger partial charge in [0.25, 0.3) is 0 Å². The molecule has 1 aromatic rings. The lowest BCUT2D eigenvalue weighted by Crippen LogP contribution is -1.91. The third-order valence-electron chi connectivity index (χ3n) is 1.40. The number of aromatic nitrogens is 1. The predicted octanol–water partition coefficient (Wildman–Crippen LogP) is 3.30. The van der Waals surface area contributed by atoms with Gasteiger partial charge in [0.1, 0.15) is 0 Å². The van der Waals surface area contributed by atoms with Gasteiger partial charge in [-0.05, 0) is 18.6 Å². The molecule has 0 aliphatic carbocycles. The van der Waals surface area contributed by atoms with Crippen molar-refractivity contribution in [3.63, 3.8) is 0 Å². The average Bonchev–Trinajstić information content (AvgIpc) is 2.03. The van der Waals surface area contributed by atoms with E-state index in [0.717, 1.165) is 27.6 Å². The standard InChI is InChI=1S/C8H9Br2N/c1-2-7-3-6(10)4-8(5-9)11-7/h3-4H,2,5H2,1H3. The van der Waals surface area contributed by atoms with Gasteiger partial charge in [-0.25, -0.2) is 0 Å². The van der Waals surface area contributed by atoms with Gasteiger partial charge in [0.05, 0.1) is 5.69 Å². The summed E-state index contributed by atoms with van der Waals surface area (Å²) in [6.45, 7) is 2.10. The van der Waals surface area contributed by atoms with Crippen LogP contribution in [-0.4, -0.2) is 4.98 Å². The minimum Gasteiger partial charge on any atom is -0.257 e. The summed E-state index contributed by atoms with van der Waals surface area (Å²) in [6.07, 6.45) is 0.986. The Bertz CT molecular complexity index is 226. The number of aryl methyl sites for hydroxylation is 1. The van der Waals surface area contributed by atoms with Crippen molar-refractivity contribution in [2.24, 2.45) is 0 Å². The van der Waals surface area contributed by atoms with Gasteiger partial charge in [0.2, 0.25) is 0 Å². The van der Waals surface area contributed by atoms with Crippen LogP contribution in [0.2, 0.25) is 0 Å². The van der Waals surface area contributed by atoms with E-state index in [1.165, 1.54) is 0 Å². The second-order valence-corrected chi connectivity index (χ2v) is 3.73. The first-order valence-electron chi connectivity index (χ1n) is 3.47. The van der Waals surface area contributed by atoms with Crippen LogP contribution in [0.15, 0.2) is 16.6 Å². The molecule has 0 saturated heterocycles. The molecule has 1 nitrogen and oxygen atoms in total. The van der Waals surface area contributed by atoms with Crippen LogP contribution < -0.4 is 0 Å². The molecule has 1 heterocycles. The summed E-state index contributed by atoms with van der Waals surface area (Å²) < 4.78 is 1.11. The lowest BCUT2D eigenvalue weighted by atomic mass is 10.3. The van der Waals surface area contributed by atoms with Crippen molar-refractivity contribution in [1.29, 1.82) is 0 Å². The number of halogens is 2. The average molecular weight is 279 g/mol. The molecule has 0 bridgehead atoms. The fourth-order valence-electron chi connectivity index (χ4n) is 0.859. The Balaban J connectivity index is 3.02. The van der Waals surface area contributed by atoms with Crippen LogP contribution in [0.3, 0.4) is 0 Å². The van der Waals surface area contributed by atoms with E-state index in [9.17, 15) is 0 Å². The lowest BCUT2D eigenvalue weighted by molar-refractivity contribution is 0.998. The second kappa shape index (κ2) is 4.21. The van der Waals surface area contributed by atoms with Crippen LogP contribution in [0.1, 0.15) is 18.3 Å². The summed E-state index contributed by atoms with van der Waals surface area (Å²) in [5.41, 5.74) is 2.21. The summed E-state index contributed by atoms with van der Waals surface area (Å²) in [5, 5.41) is 0.819. The molecule has 0 radical (unpaired) electrons. The Morgan fingerprint density at radius 1 is 1.36 bits per heavy atom. The molecule has 60 valence electrons. The Morgan fingerprint density at radius 2 is 2.00 bits per heavy atom. The van der Waals surface area contributed by atoms with E-state index < -0.39 is 0 Å². The van der Waals surface area contributed by atoms with Gasteiger partial charge in [-0.3, -0.25) is 4.98 Å². The van der Waals surface area contributed by atoms with E-state index in [1.807, 2.05) is 12.1 Å². The fourth-order valence-corrected chi connectivity index (χ4v) is 1.67. The molecule has 1 rings (SSSR count). The molecule has 0 N–H and O–H groups in total. The number of rotatable bonds is 2. The Hall–Kier alpha value is 0.110. The summed E-state index contributed by atoms with van der Waals surface area (Å²) in [7, 11) is 0. The highest BCUT2D eigenvalue weighted by atomic mass is 79.9. The van der Waals surface area contributed by atoms with Crippen LogP contribution in [0.4, 0.5) is 0 Å². The zero-order valence-corrected chi connectivity index (χ0v) is 9.44. The molecule has 0 aliphatic rings. The van der Waals surface area contributed by atoms with E-state index in [-0.39, 0.29) is 0 Å². The highest BCUT2D eigenvalue weighted by molar-refractivity contribution is 9.10. The Kier molecular flexibility index (Phi) is 3.52. The van der Waals surface area contributed by atoms with Gasteiger partial charge in [0.15, 0.2) is 0 Å². The number of hydrogen-bond acceptors (Lipinski definition) is 1. The van der Waals surface area contributed by atoms with Crippen molar-refractivity contribution < 1.29 is 0 Å². The topological polar surface area (TPSA) is 12.9 Å². The molecule has 1 aromatic heterocycles. The zero-order chi connectivity index (χ0) is 8.27. The molecule has 0 spiro atoms. The van der Waals surface area contributed by atoms with Crippen molar-refractivity contribution in [1.82, 2.24) is 4.98 Å². The molecule has 0 saturated carbocycles. The van der Waals surface area contributed by atoms with Crippen molar-refractivity contribution in [3.05, 3.63) is 28.0 Å². The number of pyridine rings is 1. The van der Waals surface area contributed by atoms with Crippen molar-refractivity contribution in [3.8, 4) is 0 Å². The minimum absolute atomic E-state index is 0.819. The third-order valence-corrected chi connectivity index (χ3v) is 2.43. The first-order valence-corrected chi connectivity index (χ1v) is 5.39. The summed E-state index contributed by atoms with van der Waals surface area (Å²) in [4.78, 5) is 4.39. The lowest BCUT2D eigenvalue weighted by Gasteiger charge is -2.00. The molecular formula is C8H9Br2N. The van der Waals surface area contributed by atoms with Gasteiger partial charge in [-0.1, -0.05) is 38.8 Å². The minimum atomic E-state index is 0.819. The maximum absolute atomic E-state index is 4.39. The smallest absolute Gasteiger partial charge is 0.0523 e. The predicted molar refractivity (Wildman–Crippen MR) is 53.9 cm³/mol. The quantitative estimate of drug-likeness (QED) is 0.757. The van der Waals surface area contributed by atoms with Crippen LogP contribution in [0.5, 0.6) is 0 Å². The van der Waals surface area contributed by atoms with Gasteiger partial charge in [-0.2, -0.15) is 0 Å². The largest absolute Gasteiger partial charge is 0.257 e. The highest BCUT2D eigenvalue weighted by Crippen LogP contribution is 2.14. The first-order chi connectivity index (χ1) is 5.26. The molecule has 3 heteroatoms. The molecule has 11 heavy (non-hydrogen) atoms. The van der Waals surface area contributed by atoms with Gasteiger partial charge < -0.3 is 0 Å². The second-order valence-electron chi connectivity index (χ2n) is 2.26. The van der Waals surface area contributed by atoms with E-state index in [4.69, 9.17) is 0 Å². The molecular weight excluding hydrogens is 270 g/mol. The van der Waals surface area contributed by atoms with Crippen LogP contribution >= 0.6 is 31.9 Å². The Morgan fingerprint density at radius 3 is 2.55 bits per heavy atom. The SMILES string of the molecule is CCc1cc(Br)cc(CBr)n1. The molecule has 0 amide bonds. The van der Waals surface area contributed by atoms with Crippen molar-refractivity contribution >= 4 is 31.9 Å². The molecule has 0 aromatic carbocycles. The number of nitrogens with zero attached hydrogens (tertiary/aromatic N) is 1. The number of alkyl halides is 1. The monoisotopic (exact) mass is 277 g/mol. The van der Waals surface area contributed by atoms with E-state index >= 15 is 0 Å². The number of hydrogen-bond donors (Lipinski definition) is 0. The fraction of sp³-hybridized carbons (Fsp3) is 0.375. The summed E-state index contributed by atoms with van der Waals surface area (Å²) >= 11 is 6.81. The normalized spacial score (nSPS) is 10.1. The van der Waals surface area contributed by atoms with Gasteiger partial charge in [-0.15, -0.1) is 0 Å². The van der Waals surface area contributed by atoms with E-state index in [2.05, 4.69) is 43.8 Å². The summed E-state index contributed by atoms with van der Waals surface area (Å²) in [5.74, 6) is 0. The summed E-state index contributed by atoms with van der Waals surface area (Å²) in [6, 6.07) is 4.07. The third kappa shape index (κ3) is 2.56. The van der Waals surface area contributed by atoms with Crippen LogP contribution in [0, 0.1) is 0 Å². The van der Waals surface area contributed by atoms with Crippen LogP contribution in [0.25, 0.3) is 0 Å². The van der Waals surface area contributed by atoms with Crippen LogP contribution in [-0.2, 0) is 11.8 Å². The van der Waals surface area contributed by atoms with E-state index in [1.54, 1.807) is 0 Å². The first kappa shape index (κ1) is 9.20. The van der Waals surface area contributed by atoms with Gasteiger partial charge >= 0.3 is 0 Å². The van der Waals surface area contributed by atoms with Gasteiger partial charge in [0, 0.05) is 15.5 Å². The maximum atomic E-state index is 4.39. The molecule has 0 atom stereocenters. The van der Waals surface area contributed by atoms with Crippen molar-refractivity contribution in [2.45, 2.75) is 18.7 Å².